The normalized spacial score (nSPS) is 10.9. The van der Waals surface area contributed by atoms with E-state index in [9.17, 15) is 0 Å². The molecule has 0 saturated heterocycles. The molecule has 0 fully saturated rings. The average Bonchev–Trinajstić information content (AvgIpc) is 2.74. The highest BCUT2D eigenvalue weighted by Crippen LogP contribution is 2.23. The van der Waals surface area contributed by atoms with E-state index in [-0.39, 0.29) is 0 Å². The van der Waals surface area contributed by atoms with Crippen molar-refractivity contribution in [2.24, 2.45) is 0 Å². The lowest BCUT2D eigenvalue weighted by Crippen LogP contribution is -1.91. The fourth-order valence-electron chi connectivity index (χ4n) is 2.08. The Labute approximate surface area is 99.5 Å². The van der Waals surface area contributed by atoms with Gasteiger partial charge in [0.25, 0.3) is 0 Å². The molecular formula is C14H13N3. The number of aryl methyl sites for hydroxylation is 2. The first-order chi connectivity index (χ1) is 8.24. The summed E-state index contributed by atoms with van der Waals surface area (Å²) in [6, 6.07) is 12.3. The van der Waals surface area contributed by atoms with Crippen LogP contribution in [-0.2, 0) is 0 Å². The summed E-state index contributed by atoms with van der Waals surface area (Å²) in [4.78, 5) is 12.2. The van der Waals surface area contributed by atoms with E-state index >= 15 is 0 Å². The van der Waals surface area contributed by atoms with Gasteiger partial charge in [-0.2, -0.15) is 0 Å². The molecule has 0 spiro atoms. The molecule has 0 aliphatic heterocycles. The number of nitrogens with zero attached hydrogens (tertiary/aromatic N) is 2. The van der Waals surface area contributed by atoms with Gasteiger partial charge in [-0.3, -0.25) is 0 Å². The van der Waals surface area contributed by atoms with Crippen molar-refractivity contribution in [1.82, 2.24) is 15.0 Å². The standard InChI is InChI=1S/C14H13N3/c1-9-14-13(16-10(2)15-9)8-12(17-14)11-6-4-3-5-7-11/h3-8,17H,1-2H3. The molecule has 0 radical (unpaired) electrons. The van der Waals surface area contributed by atoms with E-state index in [4.69, 9.17) is 0 Å². The van der Waals surface area contributed by atoms with Crippen molar-refractivity contribution in [3.05, 3.63) is 47.9 Å². The van der Waals surface area contributed by atoms with Crippen LogP contribution in [-0.4, -0.2) is 15.0 Å². The molecule has 2 heterocycles. The van der Waals surface area contributed by atoms with Gasteiger partial charge in [0.1, 0.15) is 5.82 Å². The number of aromatic nitrogens is 3. The number of fused-ring (bicyclic) bond motifs is 1. The maximum atomic E-state index is 4.44. The Morgan fingerprint density at radius 1 is 1.00 bits per heavy atom. The third kappa shape index (κ3) is 1.69. The van der Waals surface area contributed by atoms with E-state index in [0.717, 1.165) is 28.2 Å². The van der Waals surface area contributed by atoms with Crippen LogP contribution in [0.5, 0.6) is 0 Å². The summed E-state index contributed by atoms with van der Waals surface area (Å²) < 4.78 is 0. The van der Waals surface area contributed by atoms with Gasteiger partial charge >= 0.3 is 0 Å². The van der Waals surface area contributed by atoms with E-state index in [1.54, 1.807) is 0 Å². The van der Waals surface area contributed by atoms with Gasteiger partial charge in [0, 0.05) is 5.69 Å². The summed E-state index contributed by atoms with van der Waals surface area (Å²) in [5.41, 5.74) is 5.25. The monoisotopic (exact) mass is 223 g/mol. The summed E-state index contributed by atoms with van der Waals surface area (Å²) in [6.07, 6.45) is 0. The molecule has 0 unspecified atom stereocenters. The minimum Gasteiger partial charge on any atom is -0.352 e. The van der Waals surface area contributed by atoms with Crippen molar-refractivity contribution in [1.29, 1.82) is 0 Å². The molecule has 1 aromatic carbocycles. The van der Waals surface area contributed by atoms with E-state index in [1.165, 1.54) is 5.56 Å². The predicted octanol–water partition coefficient (Wildman–Crippen LogP) is 3.24. The van der Waals surface area contributed by atoms with E-state index in [1.807, 2.05) is 32.0 Å². The van der Waals surface area contributed by atoms with Gasteiger partial charge < -0.3 is 4.98 Å². The number of hydrogen-bond donors (Lipinski definition) is 1. The molecule has 0 aliphatic rings. The molecule has 3 heteroatoms. The fourth-order valence-corrected chi connectivity index (χ4v) is 2.08. The lowest BCUT2D eigenvalue weighted by Gasteiger charge is -1.97. The first-order valence-electron chi connectivity index (χ1n) is 5.63. The Hall–Kier alpha value is -2.16. The summed E-state index contributed by atoms with van der Waals surface area (Å²) in [5.74, 6) is 0.814. The lowest BCUT2D eigenvalue weighted by molar-refractivity contribution is 1.05. The molecule has 0 bridgehead atoms. The van der Waals surface area contributed by atoms with Crippen LogP contribution in [0.3, 0.4) is 0 Å². The number of benzene rings is 1. The fraction of sp³-hybridized carbons (Fsp3) is 0.143. The molecule has 0 saturated carbocycles. The number of aromatic amines is 1. The van der Waals surface area contributed by atoms with Crippen molar-refractivity contribution in [2.75, 3.05) is 0 Å². The van der Waals surface area contributed by atoms with Gasteiger partial charge in [0.15, 0.2) is 0 Å². The number of rotatable bonds is 1. The van der Waals surface area contributed by atoms with Crippen LogP contribution in [0, 0.1) is 13.8 Å². The van der Waals surface area contributed by atoms with Gasteiger partial charge in [0.2, 0.25) is 0 Å². The molecule has 0 amide bonds. The lowest BCUT2D eigenvalue weighted by atomic mass is 10.2. The second-order valence-electron chi connectivity index (χ2n) is 4.17. The maximum absolute atomic E-state index is 4.44. The molecule has 1 N–H and O–H groups in total. The molecule has 3 rings (SSSR count). The van der Waals surface area contributed by atoms with E-state index in [0.29, 0.717) is 0 Å². The zero-order valence-corrected chi connectivity index (χ0v) is 9.86. The molecule has 0 atom stereocenters. The smallest absolute Gasteiger partial charge is 0.126 e. The van der Waals surface area contributed by atoms with Crippen LogP contribution in [0.2, 0.25) is 0 Å². The molecular weight excluding hydrogens is 210 g/mol. The predicted molar refractivity (Wildman–Crippen MR) is 68.8 cm³/mol. The zero-order chi connectivity index (χ0) is 11.8. The van der Waals surface area contributed by atoms with Crippen LogP contribution < -0.4 is 0 Å². The first-order valence-corrected chi connectivity index (χ1v) is 5.63. The Morgan fingerprint density at radius 3 is 2.53 bits per heavy atom. The number of hydrogen-bond acceptors (Lipinski definition) is 2. The highest BCUT2D eigenvalue weighted by atomic mass is 14.9. The largest absolute Gasteiger partial charge is 0.352 e. The third-order valence-electron chi connectivity index (χ3n) is 2.86. The Bertz CT molecular complexity index is 669. The van der Waals surface area contributed by atoms with Gasteiger partial charge in [0.05, 0.1) is 16.7 Å². The SMILES string of the molecule is Cc1nc(C)c2[nH]c(-c3ccccc3)cc2n1. The molecule has 3 nitrogen and oxygen atoms in total. The van der Waals surface area contributed by atoms with Gasteiger partial charge in [-0.1, -0.05) is 30.3 Å². The maximum Gasteiger partial charge on any atom is 0.126 e. The van der Waals surface area contributed by atoms with Crippen molar-refractivity contribution in [3.8, 4) is 11.3 Å². The molecule has 0 aliphatic carbocycles. The van der Waals surface area contributed by atoms with Gasteiger partial charge in [-0.25, -0.2) is 9.97 Å². The van der Waals surface area contributed by atoms with Gasteiger partial charge in [-0.05, 0) is 25.5 Å². The van der Waals surface area contributed by atoms with Crippen molar-refractivity contribution < 1.29 is 0 Å². The Kier molecular flexibility index (Phi) is 2.18. The minimum atomic E-state index is 0.814. The quantitative estimate of drug-likeness (QED) is 0.688. The second-order valence-corrected chi connectivity index (χ2v) is 4.17. The summed E-state index contributed by atoms with van der Waals surface area (Å²) in [7, 11) is 0. The number of H-pyrrole nitrogens is 1. The van der Waals surface area contributed by atoms with Crippen LogP contribution in [0.4, 0.5) is 0 Å². The highest BCUT2D eigenvalue weighted by molar-refractivity contribution is 5.84. The molecule has 3 aromatic rings. The molecule has 2 aromatic heterocycles. The minimum absolute atomic E-state index is 0.814. The first kappa shape index (κ1) is 10.0. The van der Waals surface area contributed by atoms with Crippen LogP contribution in [0.15, 0.2) is 36.4 Å². The van der Waals surface area contributed by atoms with Crippen LogP contribution >= 0.6 is 0 Å². The second kappa shape index (κ2) is 3.70. The summed E-state index contributed by atoms with van der Waals surface area (Å²) in [6.45, 7) is 3.92. The molecule has 17 heavy (non-hydrogen) atoms. The Balaban J connectivity index is 2.24. The zero-order valence-electron chi connectivity index (χ0n) is 9.86. The average molecular weight is 223 g/mol. The van der Waals surface area contributed by atoms with E-state index < -0.39 is 0 Å². The molecule has 84 valence electrons. The highest BCUT2D eigenvalue weighted by Gasteiger charge is 2.07. The van der Waals surface area contributed by atoms with Gasteiger partial charge in [-0.15, -0.1) is 0 Å². The van der Waals surface area contributed by atoms with Crippen LogP contribution in [0.1, 0.15) is 11.5 Å². The third-order valence-corrected chi connectivity index (χ3v) is 2.86. The summed E-state index contributed by atoms with van der Waals surface area (Å²) in [5, 5.41) is 0. The van der Waals surface area contributed by atoms with E-state index in [2.05, 4.69) is 33.2 Å². The van der Waals surface area contributed by atoms with Crippen molar-refractivity contribution in [3.63, 3.8) is 0 Å². The summed E-state index contributed by atoms with van der Waals surface area (Å²) >= 11 is 0. The van der Waals surface area contributed by atoms with Crippen LogP contribution in [0.25, 0.3) is 22.3 Å². The topological polar surface area (TPSA) is 41.6 Å². The number of nitrogens with one attached hydrogen (secondary N) is 1. The van der Waals surface area contributed by atoms with Crippen molar-refractivity contribution >= 4 is 11.0 Å². The Morgan fingerprint density at radius 2 is 1.76 bits per heavy atom. The van der Waals surface area contributed by atoms with Crippen molar-refractivity contribution in [2.45, 2.75) is 13.8 Å².